The highest BCUT2D eigenvalue weighted by Crippen LogP contribution is 2.33. The molecule has 0 aliphatic rings. The monoisotopic (exact) mass is 496 g/mol. The molecule has 0 heterocycles. The lowest BCUT2D eigenvalue weighted by atomic mass is 9.85. The zero-order valence-electron chi connectivity index (χ0n) is 17.4. The molecule has 0 fully saturated rings. The molecule has 1 amide bonds. The fourth-order valence-corrected chi connectivity index (χ4v) is 3.50. The van der Waals surface area contributed by atoms with Gasteiger partial charge in [0, 0.05) is 17.0 Å². The predicted octanol–water partition coefficient (Wildman–Crippen LogP) is 3.77. The zero-order valence-corrected chi connectivity index (χ0v) is 19.0. The summed E-state index contributed by atoms with van der Waals surface area (Å²) in [7, 11) is 1.44. The van der Waals surface area contributed by atoms with Crippen LogP contribution in [0.4, 0.5) is 0 Å². The molecule has 0 bridgehead atoms. The van der Waals surface area contributed by atoms with E-state index < -0.39 is 17.5 Å². The molecule has 0 atom stereocenters. The van der Waals surface area contributed by atoms with E-state index in [4.69, 9.17) is 9.47 Å². The van der Waals surface area contributed by atoms with Crippen LogP contribution in [0.5, 0.6) is 11.5 Å². The molecule has 2 N–H and O–H groups in total. The summed E-state index contributed by atoms with van der Waals surface area (Å²) in [6.07, 6.45) is 1.39. The maximum absolute atomic E-state index is 13.1. The first-order valence-corrected chi connectivity index (χ1v) is 10.4. The van der Waals surface area contributed by atoms with Gasteiger partial charge in [-0.3, -0.25) is 9.59 Å². The second kappa shape index (κ2) is 10.2. The Kier molecular flexibility index (Phi) is 7.40. The topological polar surface area (TPSA) is 97.2 Å². The lowest BCUT2D eigenvalue weighted by Gasteiger charge is -2.27. The van der Waals surface area contributed by atoms with Gasteiger partial charge in [0.25, 0.3) is 5.91 Å². The number of hydrogen-bond donors (Lipinski definition) is 2. The molecule has 0 saturated heterocycles. The first-order valence-electron chi connectivity index (χ1n) is 9.59. The van der Waals surface area contributed by atoms with Crippen molar-refractivity contribution < 1.29 is 24.2 Å². The number of amides is 1. The van der Waals surface area contributed by atoms with Gasteiger partial charge in [0.05, 0.1) is 13.3 Å². The highest BCUT2D eigenvalue weighted by Gasteiger charge is 2.39. The second-order valence-corrected chi connectivity index (χ2v) is 7.61. The van der Waals surface area contributed by atoms with Gasteiger partial charge in [-0.25, -0.2) is 5.43 Å². The van der Waals surface area contributed by atoms with Gasteiger partial charge in [0.15, 0.2) is 17.1 Å². The van der Waals surface area contributed by atoms with Crippen LogP contribution in [0.3, 0.4) is 0 Å². The van der Waals surface area contributed by atoms with Gasteiger partial charge >= 0.3 is 5.97 Å². The second-order valence-electron chi connectivity index (χ2n) is 6.76. The van der Waals surface area contributed by atoms with Crippen molar-refractivity contribution >= 4 is 34.0 Å². The maximum Gasteiger partial charge on any atom is 0.308 e. The molecule has 0 radical (unpaired) electrons. The molecular weight excluding hydrogens is 476 g/mol. The predicted molar refractivity (Wildman–Crippen MR) is 124 cm³/mol. The number of methoxy groups -OCH3 is 1. The van der Waals surface area contributed by atoms with E-state index in [0.29, 0.717) is 26.9 Å². The maximum atomic E-state index is 13.1. The van der Waals surface area contributed by atoms with Crippen LogP contribution in [0, 0.1) is 0 Å². The summed E-state index contributed by atoms with van der Waals surface area (Å²) in [4.78, 5) is 24.3. The summed E-state index contributed by atoms with van der Waals surface area (Å²) in [5, 5.41) is 15.4. The largest absolute Gasteiger partial charge is 0.493 e. The van der Waals surface area contributed by atoms with E-state index in [9.17, 15) is 14.7 Å². The van der Waals surface area contributed by atoms with Crippen LogP contribution in [-0.2, 0) is 15.2 Å². The molecule has 0 saturated carbocycles. The smallest absolute Gasteiger partial charge is 0.308 e. The summed E-state index contributed by atoms with van der Waals surface area (Å²) < 4.78 is 10.9. The number of aliphatic hydroxyl groups is 1. The lowest BCUT2D eigenvalue weighted by Crippen LogP contribution is -2.43. The van der Waals surface area contributed by atoms with Gasteiger partial charge in [-0.05, 0) is 39.2 Å². The third kappa shape index (κ3) is 5.04. The highest BCUT2D eigenvalue weighted by molar-refractivity contribution is 9.10. The molecule has 7 nitrogen and oxygen atoms in total. The summed E-state index contributed by atoms with van der Waals surface area (Å²) >= 11 is 3.38. The van der Waals surface area contributed by atoms with Gasteiger partial charge in [0.2, 0.25) is 0 Å². The van der Waals surface area contributed by atoms with Crippen molar-refractivity contribution in [3.8, 4) is 11.5 Å². The molecule has 0 aromatic heterocycles. The Hall–Kier alpha value is -3.49. The van der Waals surface area contributed by atoms with E-state index in [0.717, 1.165) is 0 Å². The Morgan fingerprint density at radius 1 is 1.00 bits per heavy atom. The van der Waals surface area contributed by atoms with Crippen LogP contribution in [0.1, 0.15) is 23.6 Å². The highest BCUT2D eigenvalue weighted by atomic mass is 79.9. The van der Waals surface area contributed by atoms with E-state index in [2.05, 4.69) is 26.5 Å². The summed E-state index contributed by atoms with van der Waals surface area (Å²) in [5.74, 6) is -0.632. The van der Waals surface area contributed by atoms with Crippen molar-refractivity contribution in [2.24, 2.45) is 5.10 Å². The number of hydrogen-bond acceptors (Lipinski definition) is 6. The molecule has 8 heteroatoms. The van der Waals surface area contributed by atoms with E-state index >= 15 is 0 Å². The first kappa shape index (κ1) is 23.2. The lowest BCUT2D eigenvalue weighted by molar-refractivity contribution is -0.136. The van der Waals surface area contributed by atoms with E-state index in [1.54, 1.807) is 72.8 Å². The molecule has 3 rings (SSSR count). The van der Waals surface area contributed by atoms with E-state index in [1.807, 2.05) is 0 Å². The first-order chi connectivity index (χ1) is 15.4. The molecule has 32 heavy (non-hydrogen) atoms. The molecule has 0 unspecified atom stereocenters. The number of benzene rings is 3. The van der Waals surface area contributed by atoms with Gasteiger partial charge in [-0.1, -0.05) is 60.7 Å². The van der Waals surface area contributed by atoms with Crippen molar-refractivity contribution in [1.29, 1.82) is 0 Å². The van der Waals surface area contributed by atoms with Crippen LogP contribution < -0.4 is 14.9 Å². The summed E-state index contributed by atoms with van der Waals surface area (Å²) in [5.41, 5.74) is 1.85. The van der Waals surface area contributed by atoms with Crippen LogP contribution in [0.15, 0.2) is 82.4 Å². The van der Waals surface area contributed by atoms with Crippen LogP contribution in [-0.4, -0.2) is 30.3 Å². The van der Waals surface area contributed by atoms with Gasteiger partial charge in [-0.15, -0.1) is 0 Å². The van der Waals surface area contributed by atoms with Crippen LogP contribution >= 0.6 is 15.9 Å². The minimum Gasteiger partial charge on any atom is -0.493 e. The normalized spacial score (nSPS) is 11.2. The van der Waals surface area contributed by atoms with E-state index in [1.165, 1.54) is 20.2 Å². The van der Waals surface area contributed by atoms with E-state index in [-0.39, 0.29) is 5.75 Å². The fraction of sp³-hybridized carbons (Fsp3) is 0.125. The minimum absolute atomic E-state index is 0.246. The number of carbonyl (C=O) groups is 2. The Morgan fingerprint density at radius 3 is 2.06 bits per heavy atom. The number of rotatable bonds is 7. The number of nitrogens with zero attached hydrogens (tertiary/aromatic N) is 1. The van der Waals surface area contributed by atoms with Crippen LogP contribution in [0.2, 0.25) is 0 Å². The molecule has 3 aromatic carbocycles. The van der Waals surface area contributed by atoms with Gasteiger partial charge in [-0.2, -0.15) is 5.10 Å². The third-order valence-electron chi connectivity index (χ3n) is 4.62. The van der Waals surface area contributed by atoms with Crippen molar-refractivity contribution in [3.05, 3.63) is 94.0 Å². The number of nitrogens with one attached hydrogen (secondary N) is 1. The van der Waals surface area contributed by atoms with Gasteiger partial charge in [0.1, 0.15) is 0 Å². The van der Waals surface area contributed by atoms with Crippen molar-refractivity contribution in [3.63, 3.8) is 0 Å². The Morgan fingerprint density at radius 2 is 1.56 bits per heavy atom. The average molecular weight is 497 g/mol. The standard InChI is InChI=1S/C24H21BrN2O5/c1-16(28)32-22-14-20(25)17(13-21(22)31-2)15-26-27-23(29)24(30,18-9-5-3-6-10-18)19-11-7-4-8-12-19/h3-15,30H,1-2H3,(H,27,29)/b26-15-. The molecule has 0 aliphatic carbocycles. The average Bonchev–Trinajstić information content (AvgIpc) is 2.80. The van der Waals surface area contributed by atoms with Crippen molar-refractivity contribution in [2.75, 3.05) is 7.11 Å². The molecule has 0 spiro atoms. The molecular formula is C24H21BrN2O5. The quantitative estimate of drug-likeness (QED) is 0.224. The Labute approximate surface area is 193 Å². The minimum atomic E-state index is -1.94. The number of carbonyl (C=O) groups excluding carboxylic acids is 2. The Balaban J connectivity index is 1.88. The molecule has 164 valence electrons. The third-order valence-corrected chi connectivity index (χ3v) is 5.30. The summed E-state index contributed by atoms with van der Waals surface area (Å²) in [6, 6.07) is 20.4. The zero-order chi connectivity index (χ0) is 23.1. The molecule has 0 aliphatic heterocycles. The Bertz CT molecular complexity index is 1090. The van der Waals surface area contributed by atoms with Crippen LogP contribution in [0.25, 0.3) is 0 Å². The van der Waals surface area contributed by atoms with Crippen molar-refractivity contribution in [1.82, 2.24) is 5.43 Å². The fourth-order valence-electron chi connectivity index (χ4n) is 3.07. The molecule has 3 aromatic rings. The SMILES string of the molecule is COc1cc(/C=N\NC(=O)C(O)(c2ccccc2)c2ccccc2)c(Br)cc1OC(C)=O. The number of hydrazone groups is 1. The van der Waals surface area contributed by atoms with Gasteiger partial charge < -0.3 is 14.6 Å². The number of esters is 1. The summed E-state index contributed by atoms with van der Waals surface area (Å²) in [6.45, 7) is 1.29. The number of ether oxygens (including phenoxy) is 2. The number of halogens is 1. The van der Waals surface area contributed by atoms with Crippen molar-refractivity contribution in [2.45, 2.75) is 12.5 Å².